The van der Waals surface area contributed by atoms with E-state index >= 15 is 0 Å². The van der Waals surface area contributed by atoms with Crippen molar-refractivity contribution in [1.82, 2.24) is 10.6 Å². The number of methoxy groups -OCH3 is 1. The number of benzene rings is 1. The molecule has 0 spiro atoms. The Morgan fingerprint density at radius 3 is 2.67 bits per heavy atom. The van der Waals surface area contributed by atoms with Crippen molar-refractivity contribution in [3.05, 3.63) is 52.4 Å². The van der Waals surface area contributed by atoms with Crippen LogP contribution >= 0.6 is 35.6 Å². The van der Waals surface area contributed by atoms with Gasteiger partial charge >= 0.3 is 0 Å². The summed E-state index contributed by atoms with van der Waals surface area (Å²) in [4.78, 5) is 4.23. The highest BCUT2D eigenvalue weighted by Gasteiger charge is 2.12. The van der Waals surface area contributed by atoms with Gasteiger partial charge in [-0.05, 0) is 38.1 Å². The van der Waals surface area contributed by atoms with Crippen LogP contribution in [0.25, 0.3) is 0 Å². The van der Waals surface area contributed by atoms with E-state index in [1.54, 1.807) is 20.2 Å². The van der Waals surface area contributed by atoms with E-state index in [9.17, 15) is 0 Å². The van der Waals surface area contributed by atoms with Crippen molar-refractivity contribution in [2.24, 2.45) is 4.99 Å². The number of ether oxygens (including phenoxy) is 1. The van der Waals surface area contributed by atoms with E-state index in [0.29, 0.717) is 17.5 Å². The molecule has 7 heteroatoms. The minimum absolute atomic E-state index is 0. The smallest absolute Gasteiger partial charge is 0.191 e. The van der Waals surface area contributed by atoms with E-state index in [1.165, 1.54) is 0 Å². The lowest BCUT2D eigenvalue weighted by Crippen LogP contribution is -2.38. The summed E-state index contributed by atoms with van der Waals surface area (Å²) in [7, 11) is 3.36. The van der Waals surface area contributed by atoms with Gasteiger partial charge in [0.05, 0.1) is 13.2 Å². The van der Waals surface area contributed by atoms with Crippen LogP contribution in [-0.2, 0) is 6.54 Å². The van der Waals surface area contributed by atoms with Crippen molar-refractivity contribution < 1.29 is 9.15 Å². The summed E-state index contributed by atoms with van der Waals surface area (Å²) in [5.41, 5.74) is 1.00. The van der Waals surface area contributed by atoms with E-state index in [-0.39, 0.29) is 30.0 Å². The monoisotopic (exact) mass is 463 g/mol. The number of nitrogens with one attached hydrogen (secondary N) is 2. The largest absolute Gasteiger partial charge is 0.496 e. The van der Waals surface area contributed by atoms with Crippen LogP contribution in [-0.4, -0.2) is 20.1 Å². The maximum atomic E-state index is 5.98. The molecule has 1 aromatic heterocycles. The van der Waals surface area contributed by atoms with E-state index in [2.05, 4.69) is 15.6 Å². The Balaban J connectivity index is 0.00000288. The average molecular weight is 464 g/mol. The number of guanidine groups is 1. The number of aliphatic imine (C=N–C) groups is 1. The van der Waals surface area contributed by atoms with Crippen LogP contribution in [0.3, 0.4) is 0 Å². The zero-order valence-electron chi connectivity index (χ0n) is 14.2. The van der Waals surface area contributed by atoms with Gasteiger partial charge in [0.2, 0.25) is 0 Å². The Labute approximate surface area is 164 Å². The molecule has 1 aromatic carbocycles. The van der Waals surface area contributed by atoms with Gasteiger partial charge in [-0.3, -0.25) is 4.99 Å². The summed E-state index contributed by atoms with van der Waals surface area (Å²) in [6.45, 7) is 4.52. The molecular weight excluding hydrogens is 441 g/mol. The zero-order valence-corrected chi connectivity index (χ0v) is 17.3. The van der Waals surface area contributed by atoms with Crippen LogP contribution < -0.4 is 15.4 Å². The van der Waals surface area contributed by atoms with Crippen molar-refractivity contribution in [2.75, 3.05) is 14.2 Å². The number of furan rings is 1. The second-order valence-electron chi connectivity index (χ2n) is 5.20. The molecule has 132 valence electrons. The first-order valence-corrected chi connectivity index (χ1v) is 7.77. The maximum absolute atomic E-state index is 5.98. The van der Waals surface area contributed by atoms with Gasteiger partial charge in [-0.2, -0.15) is 0 Å². The lowest BCUT2D eigenvalue weighted by atomic mass is 10.2. The molecule has 1 unspecified atom stereocenters. The molecule has 1 atom stereocenters. The van der Waals surface area contributed by atoms with Crippen molar-refractivity contribution >= 4 is 41.5 Å². The minimum atomic E-state index is 0. The zero-order chi connectivity index (χ0) is 16.8. The fraction of sp³-hybridized carbons (Fsp3) is 0.353. The second-order valence-corrected chi connectivity index (χ2v) is 5.63. The first-order chi connectivity index (χ1) is 11.0. The molecule has 0 bridgehead atoms. The fourth-order valence-corrected chi connectivity index (χ4v) is 2.36. The van der Waals surface area contributed by atoms with Gasteiger partial charge in [0.25, 0.3) is 0 Å². The standard InChI is InChI=1S/C17H22ClN3O2.HI/c1-11-5-8-15(23-11)12(2)21-17(19-3)20-10-13-6-7-14(18)9-16(13)22-4;/h5-9,12H,10H2,1-4H3,(H2,19,20,21);1H. The SMILES string of the molecule is CN=C(NCc1ccc(Cl)cc1OC)NC(C)c1ccc(C)o1.I. The number of halogens is 2. The molecule has 24 heavy (non-hydrogen) atoms. The first kappa shape index (κ1) is 20.6. The Morgan fingerprint density at radius 1 is 1.33 bits per heavy atom. The van der Waals surface area contributed by atoms with Crippen LogP contribution in [0.1, 0.15) is 30.0 Å². The van der Waals surface area contributed by atoms with Gasteiger partial charge in [0.1, 0.15) is 17.3 Å². The van der Waals surface area contributed by atoms with Crippen molar-refractivity contribution in [3.8, 4) is 5.75 Å². The minimum Gasteiger partial charge on any atom is -0.496 e. The molecule has 0 saturated carbocycles. The summed E-state index contributed by atoms with van der Waals surface area (Å²) in [6.07, 6.45) is 0. The van der Waals surface area contributed by atoms with Gasteiger partial charge in [0.15, 0.2) is 5.96 Å². The van der Waals surface area contributed by atoms with Gasteiger partial charge in [0, 0.05) is 24.2 Å². The van der Waals surface area contributed by atoms with Gasteiger partial charge in [-0.15, -0.1) is 24.0 Å². The van der Waals surface area contributed by atoms with Crippen LogP contribution in [0.2, 0.25) is 5.02 Å². The number of aryl methyl sites for hydroxylation is 1. The van der Waals surface area contributed by atoms with E-state index in [4.69, 9.17) is 20.8 Å². The predicted molar refractivity (Wildman–Crippen MR) is 109 cm³/mol. The molecule has 0 aliphatic heterocycles. The molecule has 0 fully saturated rings. The first-order valence-electron chi connectivity index (χ1n) is 7.39. The summed E-state index contributed by atoms with van der Waals surface area (Å²) in [5.74, 6) is 3.19. The molecule has 5 nitrogen and oxygen atoms in total. The number of hydrogen-bond donors (Lipinski definition) is 2. The molecule has 0 amide bonds. The molecule has 1 heterocycles. The molecule has 0 aliphatic carbocycles. The normalized spacial score (nSPS) is 12.3. The highest BCUT2D eigenvalue weighted by molar-refractivity contribution is 14.0. The maximum Gasteiger partial charge on any atom is 0.191 e. The van der Waals surface area contributed by atoms with Crippen LogP contribution in [0.15, 0.2) is 39.7 Å². The summed E-state index contributed by atoms with van der Waals surface area (Å²) >= 11 is 5.98. The third-order valence-electron chi connectivity index (χ3n) is 3.46. The van der Waals surface area contributed by atoms with Gasteiger partial charge in [-0.25, -0.2) is 0 Å². The fourth-order valence-electron chi connectivity index (χ4n) is 2.20. The third kappa shape index (κ3) is 5.59. The van der Waals surface area contributed by atoms with Gasteiger partial charge < -0.3 is 19.8 Å². The Morgan fingerprint density at radius 2 is 2.08 bits per heavy atom. The summed E-state index contributed by atoms with van der Waals surface area (Å²) < 4.78 is 11.0. The number of nitrogens with zero attached hydrogens (tertiary/aromatic N) is 1. The third-order valence-corrected chi connectivity index (χ3v) is 3.70. The van der Waals surface area contributed by atoms with E-state index in [0.717, 1.165) is 22.8 Å². The number of rotatable bonds is 5. The van der Waals surface area contributed by atoms with E-state index < -0.39 is 0 Å². The number of hydrogen-bond acceptors (Lipinski definition) is 3. The average Bonchev–Trinajstić information content (AvgIpc) is 2.98. The van der Waals surface area contributed by atoms with Gasteiger partial charge in [-0.1, -0.05) is 17.7 Å². The lowest BCUT2D eigenvalue weighted by molar-refractivity contribution is 0.409. The molecule has 0 aliphatic rings. The predicted octanol–water partition coefficient (Wildman–Crippen LogP) is 4.29. The Kier molecular flexibility index (Phi) is 8.41. The van der Waals surface area contributed by atoms with Crippen LogP contribution in [0.5, 0.6) is 5.75 Å². The quantitative estimate of drug-likeness (QED) is 0.394. The summed E-state index contributed by atoms with van der Waals surface area (Å²) in [5, 5.41) is 7.20. The second kappa shape index (κ2) is 9.78. The molecule has 2 rings (SSSR count). The van der Waals surface area contributed by atoms with Crippen LogP contribution in [0.4, 0.5) is 0 Å². The van der Waals surface area contributed by atoms with Crippen molar-refractivity contribution in [1.29, 1.82) is 0 Å². The lowest BCUT2D eigenvalue weighted by Gasteiger charge is -2.17. The molecule has 0 saturated heterocycles. The molecule has 2 N–H and O–H groups in total. The highest BCUT2D eigenvalue weighted by Crippen LogP contribution is 2.23. The molecule has 2 aromatic rings. The van der Waals surface area contributed by atoms with Crippen molar-refractivity contribution in [2.45, 2.75) is 26.4 Å². The Hall–Kier alpha value is -1.41. The topological polar surface area (TPSA) is 58.8 Å². The highest BCUT2D eigenvalue weighted by atomic mass is 127. The summed E-state index contributed by atoms with van der Waals surface area (Å²) in [6, 6.07) is 9.49. The van der Waals surface area contributed by atoms with Crippen molar-refractivity contribution in [3.63, 3.8) is 0 Å². The molecular formula is C17H23ClIN3O2. The molecule has 0 radical (unpaired) electrons. The van der Waals surface area contributed by atoms with E-state index in [1.807, 2.05) is 38.1 Å². The Bertz CT molecular complexity index is 688. The van der Waals surface area contributed by atoms with Crippen LogP contribution in [0, 0.1) is 6.92 Å².